The van der Waals surface area contributed by atoms with Gasteiger partial charge in [-0.1, -0.05) is 23.7 Å². The molecule has 0 saturated carbocycles. The van der Waals surface area contributed by atoms with Gasteiger partial charge in [0, 0.05) is 28.9 Å². The van der Waals surface area contributed by atoms with Gasteiger partial charge in [0.05, 0.1) is 16.1 Å². The van der Waals surface area contributed by atoms with Crippen LogP contribution in [-0.2, 0) is 15.6 Å². The molecule has 5 rings (SSSR count). The summed E-state index contributed by atoms with van der Waals surface area (Å²) >= 11 is 6.21. The maximum absolute atomic E-state index is 13.0. The number of hydrogen-bond donors (Lipinski definition) is 0. The molecule has 3 aromatic carbocycles. The van der Waals surface area contributed by atoms with Gasteiger partial charge in [-0.25, -0.2) is 18.4 Å². The first-order valence-electron chi connectivity index (χ1n) is 11.2. The number of halogens is 1. The molecule has 0 atom stereocenters. The Kier molecular flexibility index (Phi) is 6.20. The van der Waals surface area contributed by atoms with E-state index in [1.165, 1.54) is 24.5 Å². The smallest absolute Gasteiger partial charge is 0.255 e. The van der Waals surface area contributed by atoms with E-state index < -0.39 is 9.84 Å². The molecule has 0 radical (unpaired) electrons. The molecule has 0 unspecified atom stereocenters. The van der Waals surface area contributed by atoms with Crippen LogP contribution in [0, 0.1) is 13.8 Å². The highest BCUT2D eigenvalue weighted by Crippen LogP contribution is 2.30. The number of fused-ring (bicyclic) bond motifs is 1. The number of sulfone groups is 1. The summed E-state index contributed by atoms with van der Waals surface area (Å²) in [5, 5.41) is 1.30. The van der Waals surface area contributed by atoms with Gasteiger partial charge in [-0.05, 0) is 90.7 Å². The van der Waals surface area contributed by atoms with E-state index in [2.05, 4.69) is 9.97 Å². The standard InChI is InChI=1S/C28H22ClN3O3S/c1-18-4-7-22(29)16-24(18)20-5-9-25(19(2)14-20)32-26-10-8-23(15-21(26)6-11-28(32)33)36(34,35)17-27-30-12-3-13-31-27/h3-16H,17H2,1-2H3. The number of nitrogens with zero attached hydrogens (tertiary/aromatic N) is 3. The zero-order chi connectivity index (χ0) is 25.4. The van der Waals surface area contributed by atoms with E-state index in [-0.39, 0.29) is 22.0 Å². The number of rotatable bonds is 5. The molecule has 36 heavy (non-hydrogen) atoms. The van der Waals surface area contributed by atoms with Crippen molar-refractivity contribution in [2.24, 2.45) is 0 Å². The van der Waals surface area contributed by atoms with Crippen LogP contribution in [0.5, 0.6) is 0 Å². The second-order valence-corrected chi connectivity index (χ2v) is 11.0. The quantitative estimate of drug-likeness (QED) is 0.300. The highest BCUT2D eigenvalue weighted by atomic mass is 35.5. The lowest BCUT2D eigenvalue weighted by Gasteiger charge is -2.15. The van der Waals surface area contributed by atoms with E-state index in [1.54, 1.807) is 28.8 Å². The van der Waals surface area contributed by atoms with Crippen LogP contribution >= 0.6 is 11.6 Å². The molecule has 0 aliphatic rings. The van der Waals surface area contributed by atoms with Crippen LogP contribution in [-0.4, -0.2) is 23.0 Å². The van der Waals surface area contributed by atoms with Crippen LogP contribution in [0.3, 0.4) is 0 Å². The first-order valence-corrected chi connectivity index (χ1v) is 13.3. The molecular formula is C28H22ClN3O3S. The van der Waals surface area contributed by atoms with Crippen molar-refractivity contribution in [2.75, 3.05) is 0 Å². The molecule has 8 heteroatoms. The minimum Gasteiger partial charge on any atom is -0.277 e. The molecule has 180 valence electrons. The lowest BCUT2D eigenvalue weighted by molar-refractivity contribution is 0.594. The predicted molar refractivity (Wildman–Crippen MR) is 142 cm³/mol. The molecule has 0 aliphatic heterocycles. The zero-order valence-electron chi connectivity index (χ0n) is 19.6. The van der Waals surface area contributed by atoms with Crippen molar-refractivity contribution in [2.45, 2.75) is 24.5 Å². The Labute approximate surface area is 213 Å². The maximum Gasteiger partial charge on any atom is 0.255 e. The first-order chi connectivity index (χ1) is 17.2. The zero-order valence-corrected chi connectivity index (χ0v) is 21.2. The third-order valence-electron chi connectivity index (χ3n) is 6.11. The number of pyridine rings is 1. The molecular weight excluding hydrogens is 494 g/mol. The molecule has 0 amide bonds. The Balaban J connectivity index is 1.58. The van der Waals surface area contributed by atoms with E-state index in [9.17, 15) is 13.2 Å². The first kappa shape index (κ1) is 23.9. The average molecular weight is 516 g/mol. The van der Waals surface area contributed by atoms with Crippen LogP contribution in [0.25, 0.3) is 27.7 Å². The second kappa shape index (κ2) is 9.33. The lowest BCUT2D eigenvalue weighted by Crippen LogP contribution is -2.18. The van der Waals surface area contributed by atoms with Gasteiger partial charge in [-0.15, -0.1) is 0 Å². The summed E-state index contributed by atoms with van der Waals surface area (Å²) in [6, 6.07) is 21.2. The largest absolute Gasteiger partial charge is 0.277 e. The normalized spacial score (nSPS) is 11.6. The summed E-state index contributed by atoms with van der Waals surface area (Å²) in [4.78, 5) is 21.2. The fourth-order valence-corrected chi connectivity index (χ4v) is 5.71. The molecule has 0 fully saturated rings. The van der Waals surface area contributed by atoms with Crippen molar-refractivity contribution in [1.29, 1.82) is 0 Å². The Hall–Kier alpha value is -3.81. The lowest BCUT2D eigenvalue weighted by atomic mass is 9.98. The summed E-state index contributed by atoms with van der Waals surface area (Å²) in [7, 11) is -3.67. The SMILES string of the molecule is Cc1ccc(Cl)cc1-c1ccc(-n2c(=O)ccc3cc(S(=O)(=O)Cc4ncccn4)ccc32)c(C)c1. The van der Waals surface area contributed by atoms with Gasteiger partial charge in [-0.2, -0.15) is 0 Å². The summed E-state index contributed by atoms with van der Waals surface area (Å²) in [6.07, 6.45) is 3.02. The molecule has 0 aliphatic carbocycles. The molecule has 0 saturated heterocycles. The fourth-order valence-electron chi connectivity index (χ4n) is 4.30. The van der Waals surface area contributed by atoms with Crippen LogP contribution in [0.15, 0.2) is 94.9 Å². The summed E-state index contributed by atoms with van der Waals surface area (Å²) < 4.78 is 27.6. The maximum atomic E-state index is 13.0. The van der Waals surface area contributed by atoms with E-state index >= 15 is 0 Å². The number of aryl methyl sites for hydroxylation is 2. The van der Waals surface area contributed by atoms with Crippen LogP contribution < -0.4 is 5.56 Å². The van der Waals surface area contributed by atoms with E-state index in [0.717, 1.165) is 27.9 Å². The predicted octanol–water partition coefficient (Wildman–Crippen LogP) is 5.69. The number of hydrogen-bond acceptors (Lipinski definition) is 5. The van der Waals surface area contributed by atoms with Crippen molar-refractivity contribution in [3.8, 4) is 16.8 Å². The van der Waals surface area contributed by atoms with Gasteiger partial charge in [0.2, 0.25) is 0 Å². The van der Waals surface area contributed by atoms with Gasteiger partial charge in [0.1, 0.15) is 11.6 Å². The van der Waals surface area contributed by atoms with Gasteiger partial charge in [0.25, 0.3) is 5.56 Å². The van der Waals surface area contributed by atoms with E-state index in [4.69, 9.17) is 11.6 Å². The summed E-state index contributed by atoms with van der Waals surface area (Å²) in [5.74, 6) is -0.0733. The van der Waals surface area contributed by atoms with Crippen LogP contribution in [0.2, 0.25) is 5.02 Å². The monoisotopic (exact) mass is 515 g/mol. The van der Waals surface area contributed by atoms with Gasteiger partial charge < -0.3 is 0 Å². The Morgan fingerprint density at radius 1 is 0.861 bits per heavy atom. The van der Waals surface area contributed by atoms with Crippen LogP contribution in [0.4, 0.5) is 0 Å². The van der Waals surface area contributed by atoms with Crippen LogP contribution in [0.1, 0.15) is 17.0 Å². The molecule has 0 spiro atoms. The molecule has 5 aromatic rings. The van der Waals surface area contributed by atoms with Gasteiger partial charge >= 0.3 is 0 Å². The summed E-state index contributed by atoms with van der Waals surface area (Å²) in [6.45, 7) is 3.97. The van der Waals surface area contributed by atoms with Gasteiger partial charge in [0.15, 0.2) is 9.84 Å². The summed E-state index contributed by atoms with van der Waals surface area (Å²) in [5.41, 5.74) is 5.17. The minimum atomic E-state index is -3.67. The number of benzene rings is 3. The minimum absolute atomic E-state index is 0.149. The Morgan fingerprint density at radius 2 is 1.64 bits per heavy atom. The average Bonchev–Trinajstić information content (AvgIpc) is 2.86. The van der Waals surface area contributed by atoms with Crippen molar-refractivity contribution in [3.63, 3.8) is 0 Å². The molecule has 0 bridgehead atoms. The van der Waals surface area contributed by atoms with E-state index in [1.807, 2.05) is 50.2 Å². The van der Waals surface area contributed by atoms with Crippen molar-refractivity contribution in [1.82, 2.24) is 14.5 Å². The molecule has 2 heterocycles. The highest BCUT2D eigenvalue weighted by molar-refractivity contribution is 7.90. The molecule has 6 nitrogen and oxygen atoms in total. The fraction of sp³-hybridized carbons (Fsp3) is 0.107. The van der Waals surface area contributed by atoms with Gasteiger partial charge in [-0.3, -0.25) is 9.36 Å². The van der Waals surface area contributed by atoms with Crippen molar-refractivity contribution < 1.29 is 8.42 Å². The third-order valence-corrected chi connectivity index (χ3v) is 7.96. The van der Waals surface area contributed by atoms with E-state index in [0.29, 0.717) is 15.9 Å². The highest BCUT2D eigenvalue weighted by Gasteiger charge is 2.19. The van der Waals surface area contributed by atoms with Crippen molar-refractivity contribution >= 4 is 32.3 Å². The van der Waals surface area contributed by atoms with Crippen molar-refractivity contribution in [3.05, 3.63) is 118 Å². The third kappa shape index (κ3) is 4.55. The topological polar surface area (TPSA) is 81.9 Å². The molecule has 2 aromatic heterocycles. The Bertz CT molecular complexity index is 1780. The second-order valence-electron chi connectivity index (χ2n) is 8.61. The molecule has 0 N–H and O–H groups in total. The number of aromatic nitrogens is 3. The Morgan fingerprint density at radius 3 is 2.39 bits per heavy atom.